The highest BCUT2D eigenvalue weighted by Gasteiger charge is 2.25. The minimum Gasteiger partial charge on any atom is -0.468 e. The number of carbonyl (C=O) groups is 1. The largest absolute Gasteiger partial charge is 0.468 e. The summed E-state index contributed by atoms with van der Waals surface area (Å²) in [4.78, 5) is 14.6. The first-order chi connectivity index (χ1) is 11.6. The summed E-state index contributed by atoms with van der Waals surface area (Å²) in [6, 6.07) is 8.94. The number of nitrogens with one attached hydrogen (secondary N) is 1. The number of likely N-dealkylation sites (tertiary alicyclic amines) is 1. The fourth-order valence-electron chi connectivity index (χ4n) is 3.06. The van der Waals surface area contributed by atoms with E-state index in [1.807, 2.05) is 18.2 Å². The molecule has 2 heterocycles. The van der Waals surface area contributed by atoms with E-state index in [1.54, 1.807) is 19.3 Å². The van der Waals surface area contributed by atoms with Gasteiger partial charge in [-0.3, -0.25) is 9.69 Å². The molecule has 0 radical (unpaired) electrons. The molecule has 0 aliphatic carbocycles. The van der Waals surface area contributed by atoms with Crippen LogP contribution in [0.1, 0.15) is 29.7 Å². The molecule has 3 rings (SSSR count). The van der Waals surface area contributed by atoms with Crippen molar-refractivity contribution in [3.05, 3.63) is 59.3 Å². The van der Waals surface area contributed by atoms with E-state index in [0.717, 1.165) is 43.8 Å². The Hall–Kier alpha value is -2.14. The number of aryl methyl sites for hydroxylation is 1. The van der Waals surface area contributed by atoms with E-state index in [2.05, 4.69) is 10.2 Å². The lowest BCUT2D eigenvalue weighted by atomic mass is 9.95. The van der Waals surface area contributed by atoms with Crippen molar-refractivity contribution in [3.8, 4) is 0 Å². The number of carbonyl (C=O) groups excluding carboxylic acids is 1. The summed E-state index contributed by atoms with van der Waals surface area (Å²) in [6.45, 7) is 4.68. The minimum atomic E-state index is -0.229. The molecule has 5 heteroatoms. The van der Waals surface area contributed by atoms with E-state index in [9.17, 15) is 9.18 Å². The lowest BCUT2D eigenvalue weighted by Crippen LogP contribution is -2.40. The van der Waals surface area contributed by atoms with Crippen LogP contribution in [0.2, 0.25) is 0 Å². The van der Waals surface area contributed by atoms with E-state index in [1.165, 1.54) is 6.07 Å². The molecule has 0 saturated carbocycles. The average molecular weight is 330 g/mol. The van der Waals surface area contributed by atoms with Crippen molar-refractivity contribution in [1.29, 1.82) is 0 Å². The highest BCUT2D eigenvalue weighted by Crippen LogP contribution is 2.19. The van der Waals surface area contributed by atoms with Gasteiger partial charge in [-0.15, -0.1) is 0 Å². The molecule has 1 fully saturated rings. The Labute approximate surface area is 141 Å². The van der Waals surface area contributed by atoms with Crippen molar-refractivity contribution in [2.75, 3.05) is 13.1 Å². The van der Waals surface area contributed by atoms with E-state index < -0.39 is 0 Å². The standard InChI is InChI=1S/C19H23FN2O2/c1-14-4-5-15(11-18(14)20)12-21-19(23)16-6-8-22(9-7-16)13-17-3-2-10-24-17/h2-5,10-11,16H,6-9,12-13H2,1H3,(H,21,23). The summed E-state index contributed by atoms with van der Waals surface area (Å²) >= 11 is 0. The molecule has 1 aliphatic heterocycles. The molecule has 0 unspecified atom stereocenters. The predicted molar refractivity (Wildman–Crippen MR) is 89.7 cm³/mol. The summed E-state index contributed by atoms with van der Waals surface area (Å²) in [5, 5.41) is 2.93. The van der Waals surface area contributed by atoms with E-state index in [4.69, 9.17) is 4.42 Å². The summed E-state index contributed by atoms with van der Waals surface area (Å²) in [5.41, 5.74) is 1.41. The number of hydrogen-bond acceptors (Lipinski definition) is 3. The van der Waals surface area contributed by atoms with Gasteiger partial charge in [-0.2, -0.15) is 0 Å². The molecule has 0 atom stereocenters. The molecule has 0 spiro atoms. The fourth-order valence-corrected chi connectivity index (χ4v) is 3.06. The van der Waals surface area contributed by atoms with Crippen LogP contribution in [0.15, 0.2) is 41.0 Å². The van der Waals surface area contributed by atoms with Crippen molar-refractivity contribution in [1.82, 2.24) is 10.2 Å². The monoisotopic (exact) mass is 330 g/mol. The maximum atomic E-state index is 13.5. The van der Waals surface area contributed by atoms with E-state index in [-0.39, 0.29) is 17.6 Å². The van der Waals surface area contributed by atoms with Crippen molar-refractivity contribution < 1.29 is 13.6 Å². The zero-order chi connectivity index (χ0) is 16.9. The minimum absolute atomic E-state index is 0.0353. The van der Waals surface area contributed by atoms with Crippen molar-refractivity contribution in [2.24, 2.45) is 5.92 Å². The van der Waals surface area contributed by atoms with Gasteiger partial charge in [0.2, 0.25) is 5.91 Å². The van der Waals surface area contributed by atoms with Gasteiger partial charge in [-0.1, -0.05) is 12.1 Å². The molecule has 4 nitrogen and oxygen atoms in total. The predicted octanol–water partition coefficient (Wildman–Crippen LogP) is 3.26. The quantitative estimate of drug-likeness (QED) is 0.915. The first-order valence-electron chi connectivity index (χ1n) is 8.39. The van der Waals surface area contributed by atoms with Gasteiger partial charge in [0.1, 0.15) is 11.6 Å². The van der Waals surface area contributed by atoms with E-state index in [0.29, 0.717) is 12.1 Å². The van der Waals surface area contributed by atoms with E-state index >= 15 is 0 Å². The van der Waals surface area contributed by atoms with Crippen LogP contribution in [0.5, 0.6) is 0 Å². The third-order valence-electron chi connectivity index (χ3n) is 4.62. The summed E-state index contributed by atoms with van der Waals surface area (Å²) in [5.74, 6) is 0.828. The van der Waals surface area contributed by atoms with Crippen LogP contribution in [0.25, 0.3) is 0 Å². The molecule has 24 heavy (non-hydrogen) atoms. The molecular weight excluding hydrogens is 307 g/mol. The number of rotatable bonds is 5. The molecule has 1 aromatic heterocycles. The van der Waals surface area contributed by atoms with Gasteiger partial charge >= 0.3 is 0 Å². The highest BCUT2D eigenvalue weighted by atomic mass is 19.1. The first kappa shape index (κ1) is 16.7. The lowest BCUT2D eigenvalue weighted by molar-refractivity contribution is -0.126. The molecule has 1 saturated heterocycles. The number of hydrogen-bond donors (Lipinski definition) is 1. The van der Waals surface area contributed by atoms with Gasteiger partial charge < -0.3 is 9.73 Å². The molecule has 0 bridgehead atoms. The number of amides is 1. The van der Waals surface area contributed by atoms with Gasteiger partial charge in [0.25, 0.3) is 0 Å². The first-order valence-corrected chi connectivity index (χ1v) is 8.39. The van der Waals surface area contributed by atoms with Crippen LogP contribution in [-0.2, 0) is 17.9 Å². The molecule has 1 N–H and O–H groups in total. The Morgan fingerprint density at radius 2 is 2.12 bits per heavy atom. The highest BCUT2D eigenvalue weighted by molar-refractivity contribution is 5.78. The third-order valence-corrected chi connectivity index (χ3v) is 4.62. The van der Waals surface area contributed by atoms with Crippen LogP contribution in [0.3, 0.4) is 0 Å². The van der Waals surface area contributed by atoms with Crippen LogP contribution >= 0.6 is 0 Å². The zero-order valence-electron chi connectivity index (χ0n) is 13.9. The number of nitrogens with zero attached hydrogens (tertiary/aromatic N) is 1. The zero-order valence-corrected chi connectivity index (χ0v) is 13.9. The SMILES string of the molecule is Cc1ccc(CNC(=O)C2CCN(Cc3ccco3)CC2)cc1F. The molecule has 1 aliphatic rings. The van der Waals surface area contributed by atoms with Gasteiger partial charge in [0, 0.05) is 12.5 Å². The maximum absolute atomic E-state index is 13.5. The Bertz CT molecular complexity index is 677. The van der Waals surface area contributed by atoms with Crippen molar-refractivity contribution in [2.45, 2.75) is 32.9 Å². The number of furan rings is 1. The molecule has 1 aromatic carbocycles. The molecule has 128 valence electrons. The Morgan fingerprint density at radius 3 is 2.79 bits per heavy atom. The second-order valence-corrected chi connectivity index (χ2v) is 6.43. The summed E-state index contributed by atoms with van der Waals surface area (Å²) < 4.78 is 18.9. The number of halogens is 1. The third kappa shape index (κ3) is 4.23. The van der Waals surface area contributed by atoms with Gasteiger partial charge in [-0.25, -0.2) is 4.39 Å². The average Bonchev–Trinajstić information content (AvgIpc) is 3.09. The maximum Gasteiger partial charge on any atom is 0.223 e. The van der Waals surface area contributed by atoms with Gasteiger partial charge in [0.05, 0.1) is 12.8 Å². The number of piperidine rings is 1. The second kappa shape index (κ2) is 7.62. The van der Waals surface area contributed by atoms with Crippen LogP contribution < -0.4 is 5.32 Å². The normalized spacial score (nSPS) is 16.2. The smallest absolute Gasteiger partial charge is 0.223 e. The van der Waals surface area contributed by atoms with Gasteiger partial charge in [0.15, 0.2) is 0 Å². The molecule has 2 aromatic rings. The fraction of sp³-hybridized carbons (Fsp3) is 0.421. The topological polar surface area (TPSA) is 45.5 Å². The molecular formula is C19H23FN2O2. The summed E-state index contributed by atoms with van der Waals surface area (Å²) in [7, 11) is 0. The molecule has 1 amide bonds. The number of benzene rings is 1. The lowest BCUT2D eigenvalue weighted by Gasteiger charge is -2.30. The Balaban J connectivity index is 1.44. The van der Waals surface area contributed by atoms with Crippen LogP contribution in [-0.4, -0.2) is 23.9 Å². The van der Waals surface area contributed by atoms with Gasteiger partial charge in [-0.05, 0) is 62.2 Å². The Kier molecular flexibility index (Phi) is 5.30. The van der Waals surface area contributed by atoms with Crippen molar-refractivity contribution in [3.63, 3.8) is 0 Å². The second-order valence-electron chi connectivity index (χ2n) is 6.43. The van der Waals surface area contributed by atoms with Crippen LogP contribution in [0, 0.1) is 18.7 Å². The summed E-state index contributed by atoms with van der Waals surface area (Å²) in [6.07, 6.45) is 3.37. The Morgan fingerprint density at radius 1 is 1.33 bits per heavy atom. The van der Waals surface area contributed by atoms with Crippen molar-refractivity contribution >= 4 is 5.91 Å². The van der Waals surface area contributed by atoms with Crippen LogP contribution in [0.4, 0.5) is 4.39 Å².